The number of hydrogen-bond acceptors (Lipinski definition) is 5. The van der Waals surface area contributed by atoms with Gasteiger partial charge in [0, 0.05) is 5.25 Å². The van der Waals surface area contributed by atoms with Gasteiger partial charge in [-0.05, 0) is 35.4 Å². The summed E-state index contributed by atoms with van der Waals surface area (Å²) in [6.07, 6.45) is 3.16. The van der Waals surface area contributed by atoms with E-state index in [9.17, 15) is 0 Å². The van der Waals surface area contributed by atoms with Crippen LogP contribution in [-0.2, 0) is 0 Å². The third-order valence-corrected chi connectivity index (χ3v) is 4.65. The van der Waals surface area contributed by atoms with Crippen LogP contribution in [0.1, 0.15) is 19.3 Å². The lowest BCUT2D eigenvalue weighted by molar-refractivity contribution is 0.706. The number of aromatic nitrogens is 4. The Morgan fingerprint density at radius 3 is 2.89 bits per heavy atom. The first kappa shape index (κ1) is 12.2. The molecule has 1 heterocycles. The molecule has 0 N–H and O–H groups in total. The van der Waals surface area contributed by atoms with Crippen molar-refractivity contribution in [1.29, 1.82) is 5.26 Å². The molecular weight excluding hydrogens is 258 g/mol. The molecule has 1 aromatic heterocycles. The van der Waals surface area contributed by atoms with E-state index in [0.29, 0.717) is 5.25 Å². The number of nitriles is 1. The summed E-state index contributed by atoms with van der Waals surface area (Å²) >= 11 is 1.62. The van der Waals surface area contributed by atoms with Crippen LogP contribution in [0.3, 0.4) is 0 Å². The summed E-state index contributed by atoms with van der Waals surface area (Å²) in [5, 5.41) is 22.1. The number of thioether (sulfide) groups is 1. The van der Waals surface area contributed by atoms with E-state index in [-0.39, 0.29) is 5.92 Å². The van der Waals surface area contributed by atoms with Crippen molar-refractivity contribution in [3.8, 4) is 11.8 Å². The molecule has 1 fully saturated rings. The van der Waals surface area contributed by atoms with Crippen LogP contribution in [-0.4, -0.2) is 25.5 Å². The predicted molar refractivity (Wildman–Crippen MR) is 71.8 cm³/mol. The fourth-order valence-corrected chi connectivity index (χ4v) is 3.58. The summed E-state index contributed by atoms with van der Waals surface area (Å²) in [6, 6.07) is 12.2. The highest BCUT2D eigenvalue weighted by Gasteiger charge is 2.29. The van der Waals surface area contributed by atoms with E-state index >= 15 is 0 Å². The second-order valence-corrected chi connectivity index (χ2v) is 5.74. The van der Waals surface area contributed by atoms with Crippen molar-refractivity contribution in [2.75, 3.05) is 0 Å². The molecule has 3 rings (SSSR count). The lowest BCUT2D eigenvalue weighted by Gasteiger charge is -2.11. The third-order valence-electron chi connectivity index (χ3n) is 3.32. The van der Waals surface area contributed by atoms with Crippen LogP contribution in [0.5, 0.6) is 0 Å². The number of rotatable bonds is 3. The van der Waals surface area contributed by atoms with Crippen molar-refractivity contribution in [3.05, 3.63) is 30.3 Å². The Kier molecular flexibility index (Phi) is 3.47. The minimum atomic E-state index is 0.117. The molecule has 2 unspecified atom stereocenters. The van der Waals surface area contributed by atoms with Crippen LogP contribution in [0.15, 0.2) is 35.5 Å². The SMILES string of the molecule is N#CC1CCCC1Sc1nnnn1-c1ccccc1. The van der Waals surface area contributed by atoms with Crippen LogP contribution in [0.2, 0.25) is 0 Å². The summed E-state index contributed by atoms with van der Waals surface area (Å²) in [5.74, 6) is 0.117. The molecule has 0 radical (unpaired) electrons. The molecule has 1 aromatic carbocycles. The highest BCUT2D eigenvalue weighted by atomic mass is 32.2. The molecule has 0 spiro atoms. The fraction of sp³-hybridized carbons (Fsp3) is 0.385. The van der Waals surface area contributed by atoms with Crippen LogP contribution in [0.4, 0.5) is 0 Å². The normalized spacial score (nSPS) is 22.3. The molecule has 6 heteroatoms. The van der Waals surface area contributed by atoms with Crippen molar-refractivity contribution in [3.63, 3.8) is 0 Å². The molecule has 0 aliphatic heterocycles. The van der Waals surface area contributed by atoms with Crippen LogP contribution in [0, 0.1) is 17.2 Å². The highest BCUT2D eigenvalue weighted by Crippen LogP contribution is 2.38. The van der Waals surface area contributed by atoms with E-state index in [4.69, 9.17) is 5.26 Å². The first-order valence-electron chi connectivity index (χ1n) is 6.28. The molecule has 2 aromatic rings. The molecular formula is C13H13N5S. The summed E-state index contributed by atoms with van der Waals surface area (Å²) < 4.78 is 1.73. The average Bonchev–Trinajstić information content (AvgIpc) is 3.09. The molecule has 5 nitrogen and oxygen atoms in total. The Morgan fingerprint density at radius 1 is 1.26 bits per heavy atom. The van der Waals surface area contributed by atoms with Gasteiger partial charge in [-0.25, -0.2) is 0 Å². The molecule has 0 amide bonds. The lowest BCUT2D eigenvalue weighted by Crippen LogP contribution is -2.09. The molecule has 1 aliphatic rings. The van der Waals surface area contributed by atoms with E-state index in [1.807, 2.05) is 30.3 Å². The number of nitrogens with zero attached hydrogens (tertiary/aromatic N) is 5. The van der Waals surface area contributed by atoms with Gasteiger partial charge in [0.25, 0.3) is 0 Å². The molecule has 19 heavy (non-hydrogen) atoms. The maximum atomic E-state index is 9.13. The number of para-hydroxylation sites is 1. The van der Waals surface area contributed by atoms with Crippen LogP contribution in [0.25, 0.3) is 5.69 Å². The first-order chi connectivity index (χ1) is 9.38. The second-order valence-electron chi connectivity index (χ2n) is 4.53. The van der Waals surface area contributed by atoms with Gasteiger partial charge in [0.2, 0.25) is 5.16 Å². The zero-order valence-electron chi connectivity index (χ0n) is 10.3. The molecule has 0 saturated heterocycles. The molecule has 1 saturated carbocycles. The van der Waals surface area contributed by atoms with Crippen LogP contribution >= 0.6 is 11.8 Å². The van der Waals surface area contributed by atoms with Gasteiger partial charge in [-0.1, -0.05) is 36.4 Å². The van der Waals surface area contributed by atoms with Crippen LogP contribution < -0.4 is 0 Å². The van der Waals surface area contributed by atoms with E-state index in [1.165, 1.54) is 0 Å². The standard InChI is InChI=1S/C13H13N5S/c14-9-10-5-4-8-12(10)19-13-15-16-17-18(13)11-6-2-1-3-7-11/h1-3,6-7,10,12H,4-5,8H2. The van der Waals surface area contributed by atoms with Crippen molar-refractivity contribution < 1.29 is 0 Å². The maximum absolute atomic E-state index is 9.13. The third kappa shape index (κ3) is 2.47. The Labute approximate surface area is 115 Å². The predicted octanol–water partition coefficient (Wildman–Crippen LogP) is 2.45. The molecule has 96 valence electrons. The van der Waals surface area contributed by atoms with Gasteiger partial charge in [-0.15, -0.1) is 5.10 Å². The van der Waals surface area contributed by atoms with Gasteiger partial charge < -0.3 is 0 Å². The smallest absolute Gasteiger partial charge is 0.198 e. The monoisotopic (exact) mass is 271 g/mol. The van der Waals surface area contributed by atoms with Crippen molar-refractivity contribution in [2.24, 2.45) is 5.92 Å². The van der Waals surface area contributed by atoms with Gasteiger partial charge >= 0.3 is 0 Å². The first-order valence-corrected chi connectivity index (χ1v) is 7.16. The second kappa shape index (κ2) is 5.41. The number of tetrazole rings is 1. The number of benzene rings is 1. The fourth-order valence-electron chi connectivity index (χ4n) is 2.33. The highest BCUT2D eigenvalue weighted by molar-refractivity contribution is 7.99. The zero-order valence-corrected chi connectivity index (χ0v) is 11.1. The maximum Gasteiger partial charge on any atom is 0.214 e. The summed E-state index contributed by atoms with van der Waals surface area (Å²) in [4.78, 5) is 0. The van der Waals surface area contributed by atoms with E-state index in [1.54, 1.807) is 16.4 Å². The van der Waals surface area contributed by atoms with E-state index in [0.717, 1.165) is 30.1 Å². The quantitative estimate of drug-likeness (QED) is 0.857. The van der Waals surface area contributed by atoms with Gasteiger partial charge in [0.05, 0.1) is 17.7 Å². The molecule has 0 bridgehead atoms. The Hall–Kier alpha value is -1.87. The summed E-state index contributed by atoms with van der Waals surface area (Å²) in [7, 11) is 0. The Morgan fingerprint density at radius 2 is 2.11 bits per heavy atom. The summed E-state index contributed by atoms with van der Waals surface area (Å²) in [5.41, 5.74) is 0.946. The largest absolute Gasteiger partial charge is 0.214 e. The van der Waals surface area contributed by atoms with Gasteiger partial charge in [0.15, 0.2) is 0 Å². The average molecular weight is 271 g/mol. The summed E-state index contributed by atoms with van der Waals surface area (Å²) in [6.45, 7) is 0. The minimum absolute atomic E-state index is 0.117. The van der Waals surface area contributed by atoms with Gasteiger partial charge in [0.1, 0.15) is 0 Å². The van der Waals surface area contributed by atoms with Crippen molar-refractivity contribution >= 4 is 11.8 Å². The minimum Gasteiger partial charge on any atom is -0.198 e. The molecule has 1 aliphatic carbocycles. The van der Waals surface area contributed by atoms with E-state index < -0.39 is 0 Å². The zero-order chi connectivity index (χ0) is 13.1. The molecule has 2 atom stereocenters. The Bertz CT molecular complexity index is 589. The number of hydrogen-bond donors (Lipinski definition) is 0. The van der Waals surface area contributed by atoms with Gasteiger partial charge in [-0.3, -0.25) is 0 Å². The topological polar surface area (TPSA) is 67.4 Å². The lowest BCUT2D eigenvalue weighted by atomic mass is 10.1. The van der Waals surface area contributed by atoms with Gasteiger partial charge in [-0.2, -0.15) is 9.94 Å². The van der Waals surface area contributed by atoms with E-state index in [2.05, 4.69) is 21.6 Å². The van der Waals surface area contributed by atoms with Crippen molar-refractivity contribution in [2.45, 2.75) is 29.7 Å². The van der Waals surface area contributed by atoms with Crippen molar-refractivity contribution in [1.82, 2.24) is 20.2 Å². The Balaban J connectivity index is 1.84.